The average Bonchev–Trinajstić information content (AvgIpc) is 2.83. The normalized spacial score (nSPS) is 16.0. The summed E-state index contributed by atoms with van der Waals surface area (Å²) >= 11 is 0. The molecule has 1 aromatic carbocycles. The molecular formula is C26H40O9. The Bertz CT molecular complexity index is 836. The van der Waals surface area contributed by atoms with Crippen LogP contribution >= 0.6 is 0 Å². The number of rotatable bonds is 15. The Hall–Kier alpha value is -2.62. The fourth-order valence-corrected chi connectivity index (χ4v) is 3.84. The molecule has 0 aliphatic carbocycles. The number of hydrogen-bond donors (Lipinski definition) is 2. The van der Waals surface area contributed by atoms with Gasteiger partial charge in [-0.1, -0.05) is 26.0 Å². The van der Waals surface area contributed by atoms with Crippen LogP contribution in [0.1, 0.15) is 40.2 Å². The number of ether oxygens (including phenoxy) is 5. The first kappa shape index (κ1) is 30.4. The molecular weight excluding hydrogens is 456 g/mol. The maximum absolute atomic E-state index is 12.0. The number of esters is 2. The lowest BCUT2D eigenvalue weighted by Gasteiger charge is -2.36. The van der Waals surface area contributed by atoms with Crippen molar-refractivity contribution in [3.8, 4) is 11.5 Å². The van der Waals surface area contributed by atoms with Crippen molar-refractivity contribution in [2.75, 3.05) is 34.0 Å². The zero-order chi connectivity index (χ0) is 26.5. The van der Waals surface area contributed by atoms with Crippen LogP contribution in [-0.4, -0.2) is 68.4 Å². The molecule has 0 heterocycles. The summed E-state index contributed by atoms with van der Waals surface area (Å²) in [5.74, 6) is -1.04. The van der Waals surface area contributed by atoms with E-state index >= 15 is 0 Å². The number of benzene rings is 1. The number of hydrogen-bond acceptors (Lipinski definition) is 9. The summed E-state index contributed by atoms with van der Waals surface area (Å²) in [5, 5.41) is 19.5. The highest BCUT2D eigenvalue weighted by Crippen LogP contribution is 2.31. The second kappa shape index (κ2) is 15.4. The highest BCUT2D eigenvalue weighted by atomic mass is 16.6. The fourth-order valence-electron chi connectivity index (χ4n) is 3.84. The summed E-state index contributed by atoms with van der Waals surface area (Å²) in [6.45, 7) is 7.81. The predicted octanol–water partition coefficient (Wildman–Crippen LogP) is 2.90. The van der Waals surface area contributed by atoms with E-state index in [1.807, 2.05) is 19.1 Å². The van der Waals surface area contributed by atoms with E-state index in [0.29, 0.717) is 17.1 Å². The van der Waals surface area contributed by atoms with Gasteiger partial charge in [0.25, 0.3) is 0 Å². The first-order chi connectivity index (χ1) is 16.6. The smallest absolute Gasteiger partial charge is 0.303 e. The second-order valence-electron chi connectivity index (χ2n) is 8.69. The highest BCUT2D eigenvalue weighted by molar-refractivity contribution is 5.67. The van der Waals surface area contributed by atoms with Crippen molar-refractivity contribution in [3.05, 3.63) is 35.4 Å². The third-order valence-corrected chi connectivity index (χ3v) is 5.61. The van der Waals surface area contributed by atoms with Crippen LogP contribution in [0.2, 0.25) is 0 Å². The first-order valence-corrected chi connectivity index (χ1v) is 11.6. The van der Waals surface area contributed by atoms with Crippen molar-refractivity contribution in [3.63, 3.8) is 0 Å². The van der Waals surface area contributed by atoms with Crippen molar-refractivity contribution < 1.29 is 43.5 Å². The van der Waals surface area contributed by atoms with Gasteiger partial charge in [-0.15, -0.1) is 0 Å². The van der Waals surface area contributed by atoms with Gasteiger partial charge >= 0.3 is 11.9 Å². The van der Waals surface area contributed by atoms with Crippen molar-refractivity contribution in [1.29, 1.82) is 0 Å². The Kier molecular flexibility index (Phi) is 13.4. The van der Waals surface area contributed by atoms with Gasteiger partial charge in [-0.3, -0.25) is 9.59 Å². The van der Waals surface area contributed by atoms with Gasteiger partial charge in [0, 0.05) is 33.0 Å². The van der Waals surface area contributed by atoms with Gasteiger partial charge in [-0.25, -0.2) is 0 Å². The van der Waals surface area contributed by atoms with Crippen LogP contribution in [0.15, 0.2) is 29.8 Å². The monoisotopic (exact) mass is 496 g/mol. The molecule has 0 fully saturated rings. The molecule has 0 saturated carbocycles. The Morgan fingerprint density at radius 1 is 0.971 bits per heavy atom. The Morgan fingerprint density at radius 3 is 2.14 bits per heavy atom. The molecule has 0 aliphatic heterocycles. The first-order valence-electron chi connectivity index (χ1n) is 11.6. The summed E-state index contributed by atoms with van der Waals surface area (Å²) in [5.41, 5.74) is 1.48. The molecule has 0 saturated heterocycles. The summed E-state index contributed by atoms with van der Waals surface area (Å²) in [6.07, 6.45) is 0.360. The summed E-state index contributed by atoms with van der Waals surface area (Å²) in [6, 6.07) is 5.39. The van der Waals surface area contributed by atoms with E-state index in [1.165, 1.54) is 13.8 Å². The van der Waals surface area contributed by atoms with Crippen LogP contribution in [0, 0.1) is 17.8 Å². The minimum absolute atomic E-state index is 0.0784. The van der Waals surface area contributed by atoms with E-state index in [2.05, 4.69) is 0 Å². The number of aliphatic hydroxyl groups is 2. The molecule has 0 radical (unpaired) electrons. The molecule has 5 atom stereocenters. The third kappa shape index (κ3) is 9.87. The Morgan fingerprint density at radius 2 is 1.63 bits per heavy atom. The molecule has 0 bridgehead atoms. The molecule has 9 nitrogen and oxygen atoms in total. The summed E-state index contributed by atoms with van der Waals surface area (Å²) < 4.78 is 27.9. The van der Waals surface area contributed by atoms with E-state index in [0.717, 1.165) is 5.56 Å². The van der Waals surface area contributed by atoms with Crippen molar-refractivity contribution >= 4 is 11.9 Å². The van der Waals surface area contributed by atoms with Gasteiger partial charge in [0.05, 0.1) is 32.8 Å². The Balaban J connectivity index is 3.38. The van der Waals surface area contributed by atoms with Crippen LogP contribution in [0.4, 0.5) is 0 Å². The lowest BCUT2D eigenvalue weighted by atomic mass is 9.84. The van der Waals surface area contributed by atoms with Gasteiger partial charge in [0.2, 0.25) is 0 Å². The molecule has 35 heavy (non-hydrogen) atoms. The lowest BCUT2D eigenvalue weighted by molar-refractivity contribution is -0.160. The van der Waals surface area contributed by atoms with Crippen LogP contribution in [0.3, 0.4) is 0 Å². The van der Waals surface area contributed by atoms with Crippen LogP contribution in [0.5, 0.6) is 11.5 Å². The van der Waals surface area contributed by atoms with Gasteiger partial charge in [0.1, 0.15) is 12.7 Å². The topological polar surface area (TPSA) is 121 Å². The van der Waals surface area contributed by atoms with Crippen molar-refractivity contribution in [1.82, 2.24) is 0 Å². The maximum atomic E-state index is 12.0. The van der Waals surface area contributed by atoms with Crippen molar-refractivity contribution in [2.24, 2.45) is 17.8 Å². The Labute approximate surface area is 208 Å². The van der Waals surface area contributed by atoms with E-state index in [9.17, 15) is 19.8 Å². The molecule has 198 valence electrons. The number of methoxy groups -OCH3 is 2. The standard InChI is InChI=1S/C26H40O9/c1-16(12-27)10-17(2)26(35-20(5)30)22(15-33-19(4)29)25(18(3)13-28)34-14-21-8-9-23(31-6)24(11-21)32-7/h8-11,16,18,22,25-28H,12-15H2,1-7H3/b17-10+/t16-,18-,22+,25+,26-/m1/s1. The molecule has 0 aromatic heterocycles. The van der Waals surface area contributed by atoms with E-state index in [1.54, 1.807) is 40.2 Å². The van der Waals surface area contributed by atoms with E-state index < -0.39 is 30.1 Å². The molecule has 2 N–H and O–H groups in total. The molecule has 0 spiro atoms. The molecule has 9 heteroatoms. The quantitative estimate of drug-likeness (QED) is 0.279. The molecule has 0 unspecified atom stereocenters. The van der Waals surface area contributed by atoms with E-state index in [-0.39, 0.29) is 38.3 Å². The molecule has 0 aliphatic rings. The van der Waals surface area contributed by atoms with Crippen LogP contribution in [-0.2, 0) is 30.4 Å². The lowest BCUT2D eigenvalue weighted by Crippen LogP contribution is -2.44. The highest BCUT2D eigenvalue weighted by Gasteiger charge is 2.38. The molecule has 1 aromatic rings. The summed E-state index contributed by atoms with van der Waals surface area (Å²) in [7, 11) is 3.09. The largest absolute Gasteiger partial charge is 0.493 e. The number of carbonyl (C=O) groups is 2. The molecule has 0 amide bonds. The van der Waals surface area contributed by atoms with E-state index in [4.69, 9.17) is 23.7 Å². The SMILES string of the molecule is COc1ccc(CO[C@H]([C@H](COC(C)=O)[C@H](OC(C)=O)/C(C)=C/[C@@H](C)CO)[C@H](C)CO)cc1OC. The fraction of sp³-hybridized carbons (Fsp3) is 0.615. The van der Waals surface area contributed by atoms with Gasteiger partial charge in [-0.2, -0.15) is 0 Å². The van der Waals surface area contributed by atoms with Crippen LogP contribution in [0.25, 0.3) is 0 Å². The van der Waals surface area contributed by atoms with Crippen LogP contribution < -0.4 is 9.47 Å². The second-order valence-corrected chi connectivity index (χ2v) is 8.69. The predicted molar refractivity (Wildman–Crippen MR) is 130 cm³/mol. The average molecular weight is 497 g/mol. The third-order valence-electron chi connectivity index (χ3n) is 5.61. The number of carbonyl (C=O) groups excluding carboxylic acids is 2. The number of aliphatic hydroxyl groups excluding tert-OH is 2. The zero-order valence-electron chi connectivity index (χ0n) is 21.8. The van der Waals surface area contributed by atoms with Gasteiger partial charge < -0.3 is 33.9 Å². The minimum atomic E-state index is -0.801. The van der Waals surface area contributed by atoms with Crippen molar-refractivity contribution in [2.45, 2.75) is 53.4 Å². The van der Waals surface area contributed by atoms with Gasteiger partial charge in [0.15, 0.2) is 11.5 Å². The zero-order valence-corrected chi connectivity index (χ0v) is 21.8. The summed E-state index contributed by atoms with van der Waals surface area (Å²) in [4.78, 5) is 23.7. The molecule has 1 rings (SSSR count). The van der Waals surface area contributed by atoms with Gasteiger partial charge in [-0.05, 0) is 36.1 Å². The minimum Gasteiger partial charge on any atom is -0.493 e. The maximum Gasteiger partial charge on any atom is 0.303 e.